The number of aryl methyl sites for hydroxylation is 1. The maximum atomic E-state index is 12.1. The monoisotopic (exact) mass is 267 g/mol. The van der Waals surface area contributed by atoms with Crippen LogP contribution in [0.3, 0.4) is 0 Å². The van der Waals surface area contributed by atoms with E-state index in [1.807, 2.05) is 6.92 Å². The molecule has 0 aliphatic carbocycles. The zero-order valence-corrected chi connectivity index (χ0v) is 11.7. The van der Waals surface area contributed by atoms with Gasteiger partial charge in [-0.25, -0.2) is 4.68 Å². The number of aliphatic hydroxyl groups is 1. The molecule has 0 aliphatic heterocycles. The number of hydrogen-bond acceptors (Lipinski definition) is 4. The Morgan fingerprint density at radius 2 is 2.21 bits per heavy atom. The molecule has 0 aromatic carbocycles. The number of aliphatic hydroxyl groups excluding tert-OH is 1. The van der Waals surface area contributed by atoms with Crippen LogP contribution in [0.1, 0.15) is 37.2 Å². The van der Waals surface area contributed by atoms with Gasteiger partial charge in [-0.3, -0.25) is 9.59 Å². The minimum atomic E-state index is -0.299. The molecular formula is C13H21N3O3. The fourth-order valence-corrected chi connectivity index (χ4v) is 1.53. The molecule has 0 saturated carbocycles. The van der Waals surface area contributed by atoms with Crippen LogP contribution >= 0.6 is 0 Å². The minimum absolute atomic E-state index is 0.113. The van der Waals surface area contributed by atoms with Crippen molar-refractivity contribution in [2.24, 2.45) is 0 Å². The molecule has 19 heavy (non-hydrogen) atoms. The third kappa shape index (κ3) is 3.89. The Kier molecular flexibility index (Phi) is 5.69. The van der Waals surface area contributed by atoms with Gasteiger partial charge >= 0.3 is 0 Å². The van der Waals surface area contributed by atoms with E-state index in [1.165, 1.54) is 21.7 Å². The fourth-order valence-electron chi connectivity index (χ4n) is 1.53. The van der Waals surface area contributed by atoms with Crippen LogP contribution in [-0.4, -0.2) is 45.4 Å². The number of hydrogen-bond donors (Lipinski definition) is 1. The van der Waals surface area contributed by atoms with Gasteiger partial charge in [0.15, 0.2) is 0 Å². The molecule has 0 saturated heterocycles. The van der Waals surface area contributed by atoms with Crippen LogP contribution in [0, 0.1) is 0 Å². The molecule has 1 amide bonds. The van der Waals surface area contributed by atoms with Crippen molar-refractivity contribution >= 4 is 5.91 Å². The molecule has 0 fully saturated rings. The lowest BCUT2D eigenvalue weighted by Crippen LogP contribution is -2.38. The zero-order valence-electron chi connectivity index (χ0n) is 11.7. The van der Waals surface area contributed by atoms with Crippen LogP contribution in [0.4, 0.5) is 0 Å². The molecule has 6 heteroatoms. The van der Waals surface area contributed by atoms with E-state index < -0.39 is 0 Å². The van der Waals surface area contributed by atoms with E-state index in [9.17, 15) is 9.59 Å². The van der Waals surface area contributed by atoms with E-state index in [1.54, 1.807) is 14.0 Å². The quantitative estimate of drug-likeness (QED) is 0.814. The van der Waals surface area contributed by atoms with Crippen molar-refractivity contribution in [3.63, 3.8) is 0 Å². The third-order valence-corrected chi connectivity index (χ3v) is 3.05. The summed E-state index contributed by atoms with van der Waals surface area (Å²) in [6.07, 6.45) is 1.79. The summed E-state index contributed by atoms with van der Waals surface area (Å²) in [4.78, 5) is 25.1. The van der Waals surface area contributed by atoms with Gasteiger partial charge in [0.05, 0.1) is 12.6 Å². The van der Waals surface area contributed by atoms with E-state index in [2.05, 4.69) is 5.10 Å². The highest BCUT2D eigenvalue weighted by Gasteiger charge is 2.18. The number of amides is 1. The maximum absolute atomic E-state index is 12.1. The molecule has 0 bridgehead atoms. The van der Waals surface area contributed by atoms with E-state index in [-0.39, 0.29) is 29.8 Å². The molecule has 1 atom stereocenters. The van der Waals surface area contributed by atoms with Gasteiger partial charge in [0, 0.05) is 19.7 Å². The Morgan fingerprint density at radius 1 is 1.53 bits per heavy atom. The molecule has 1 rings (SSSR count). The van der Waals surface area contributed by atoms with E-state index in [0.29, 0.717) is 6.54 Å². The molecule has 1 aromatic rings. The van der Waals surface area contributed by atoms with Crippen LogP contribution in [0.5, 0.6) is 0 Å². The highest BCUT2D eigenvalue weighted by atomic mass is 16.3. The maximum Gasteiger partial charge on any atom is 0.274 e. The summed E-state index contributed by atoms with van der Waals surface area (Å²) in [5.74, 6) is -0.299. The summed E-state index contributed by atoms with van der Waals surface area (Å²) in [6.45, 7) is 4.16. The van der Waals surface area contributed by atoms with Crippen molar-refractivity contribution < 1.29 is 9.90 Å². The second-order valence-electron chi connectivity index (χ2n) is 4.58. The van der Waals surface area contributed by atoms with Crippen molar-refractivity contribution in [1.29, 1.82) is 0 Å². The summed E-state index contributed by atoms with van der Waals surface area (Å²) in [5.41, 5.74) is 0.0152. The van der Waals surface area contributed by atoms with Crippen molar-refractivity contribution in [3.05, 3.63) is 28.2 Å². The number of aromatic nitrogens is 2. The summed E-state index contributed by atoms with van der Waals surface area (Å²) in [6, 6.07) is 2.49. The fraction of sp³-hybridized carbons (Fsp3) is 0.615. The Hall–Kier alpha value is -1.69. The summed E-state index contributed by atoms with van der Waals surface area (Å²) < 4.78 is 1.31. The van der Waals surface area contributed by atoms with Crippen molar-refractivity contribution in [2.45, 2.75) is 39.3 Å². The average molecular weight is 267 g/mol. The lowest BCUT2D eigenvalue weighted by atomic mass is 10.2. The number of unbranched alkanes of at least 4 members (excludes halogenated alkanes) is 1. The zero-order chi connectivity index (χ0) is 14.4. The molecule has 1 unspecified atom stereocenters. The Morgan fingerprint density at radius 3 is 2.79 bits per heavy atom. The molecule has 106 valence electrons. The Bertz CT molecular complexity index is 484. The smallest absolute Gasteiger partial charge is 0.274 e. The summed E-state index contributed by atoms with van der Waals surface area (Å²) >= 11 is 0. The largest absolute Gasteiger partial charge is 0.394 e. The number of nitrogens with zero attached hydrogens (tertiary/aromatic N) is 3. The van der Waals surface area contributed by atoms with Crippen molar-refractivity contribution in [2.75, 3.05) is 13.7 Å². The first kappa shape index (κ1) is 15.4. The van der Waals surface area contributed by atoms with E-state index in [0.717, 1.165) is 12.8 Å². The van der Waals surface area contributed by atoms with Crippen LogP contribution in [0.25, 0.3) is 0 Å². The normalized spacial score (nSPS) is 12.2. The minimum Gasteiger partial charge on any atom is -0.394 e. The number of likely N-dealkylation sites (N-methyl/N-ethyl adjacent to an activating group) is 1. The molecule has 1 N–H and O–H groups in total. The Labute approximate surface area is 112 Å². The first-order valence-electron chi connectivity index (χ1n) is 6.47. The van der Waals surface area contributed by atoms with Gasteiger partial charge in [0.2, 0.25) is 0 Å². The van der Waals surface area contributed by atoms with Crippen molar-refractivity contribution in [1.82, 2.24) is 14.7 Å². The predicted molar refractivity (Wildman–Crippen MR) is 72.0 cm³/mol. The lowest BCUT2D eigenvalue weighted by Gasteiger charge is -2.22. The lowest BCUT2D eigenvalue weighted by molar-refractivity contribution is 0.0673. The summed E-state index contributed by atoms with van der Waals surface area (Å²) in [5, 5.41) is 13.1. The van der Waals surface area contributed by atoms with E-state index >= 15 is 0 Å². The van der Waals surface area contributed by atoms with Crippen LogP contribution in [0.2, 0.25) is 0 Å². The number of carbonyl (C=O) groups is 1. The van der Waals surface area contributed by atoms with Gasteiger partial charge in [-0.1, -0.05) is 13.3 Å². The number of carbonyl (C=O) groups excluding carboxylic acids is 1. The second kappa shape index (κ2) is 7.04. The molecular weight excluding hydrogens is 246 g/mol. The molecule has 0 spiro atoms. The highest BCUT2D eigenvalue weighted by Crippen LogP contribution is 2.02. The van der Waals surface area contributed by atoms with Crippen molar-refractivity contribution in [3.8, 4) is 0 Å². The van der Waals surface area contributed by atoms with Gasteiger partial charge in [0.1, 0.15) is 5.69 Å². The third-order valence-electron chi connectivity index (χ3n) is 3.05. The average Bonchev–Trinajstić information content (AvgIpc) is 2.44. The van der Waals surface area contributed by atoms with Crippen LogP contribution in [-0.2, 0) is 6.54 Å². The standard InChI is InChI=1S/C13H21N3O3/c1-4-5-8-16-12(18)7-6-11(14-16)13(19)15(3)10(2)9-17/h6-7,10,17H,4-5,8-9H2,1-3H3. The molecule has 6 nitrogen and oxygen atoms in total. The van der Waals surface area contributed by atoms with Gasteiger partial charge in [-0.2, -0.15) is 5.10 Å². The number of rotatable bonds is 6. The van der Waals surface area contributed by atoms with Gasteiger partial charge in [0.25, 0.3) is 11.5 Å². The topological polar surface area (TPSA) is 75.4 Å². The van der Waals surface area contributed by atoms with Gasteiger partial charge in [-0.15, -0.1) is 0 Å². The van der Waals surface area contributed by atoms with Gasteiger partial charge < -0.3 is 10.0 Å². The van der Waals surface area contributed by atoms with E-state index in [4.69, 9.17) is 5.11 Å². The van der Waals surface area contributed by atoms with Crippen LogP contribution < -0.4 is 5.56 Å². The SMILES string of the molecule is CCCCn1nc(C(=O)N(C)C(C)CO)ccc1=O. The first-order chi connectivity index (χ1) is 9.01. The predicted octanol–water partition coefficient (Wildman–Crippen LogP) is 0.496. The molecule has 0 aliphatic rings. The molecule has 1 aromatic heterocycles. The summed E-state index contributed by atoms with van der Waals surface area (Å²) in [7, 11) is 1.60. The molecule has 1 heterocycles. The Balaban J connectivity index is 2.95. The molecule has 0 radical (unpaired) electrons. The van der Waals surface area contributed by atoms with Gasteiger partial charge in [-0.05, 0) is 19.4 Å². The first-order valence-corrected chi connectivity index (χ1v) is 6.47. The second-order valence-corrected chi connectivity index (χ2v) is 4.58. The highest BCUT2D eigenvalue weighted by molar-refractivity contribution is 5.92. The van der Waals surface area contributed by atoms with Crippen LogP contribution in [0.15, 0.2) is 16.9 Å².